The Balaban J connectivity index is 1.41. The molecule has 2 aliphatic heterocycles. The van der Waals surface area contributed by atoms with E-state index in [1.165, 1.54) is 16.0 Å². The van der Waals surface area contributed by atoms with Gasteiger partial charge < -0.3 is 14.8 Å². The molecule has 0 aromatic heterocycles. The highest BCUT2D eigenvalue weighted by molar-refractivity contribution is 5.78. The van der Waals surface area contributed by atoms with Gasteiger partial charge in [0.1, 0.15) is 0 Å². The second-order valence-corrected chi connectivity index (χ2v) is 7.96. The van der Waals surface area contributed by atoms with Crippen LogP contribution in [0.1, 0.15) is 24.0 Å². The molecule has 0 unspecified atom stereocenters. The molecule has 0 atom stereocenters. The predicted molar refractivity (Wildman–Crippen MR) is 107 cm³/mol. The van der Waals surface area contributed by atoms with Crippen LogP contribution in [0.5, 0.6) is 11.5 Å². The molecule has 0 radical (unpaired) electrons. The van der Waals surface area contributed by atoms with Crippen molar-refractivity contribution < 1.29 is 27.4 Å². The van der Waals surface area contributed by atoms with Crippen LogP contribution in [-0.4, -0.2) is 75.4 Å². The van der Waals surface area contributed by atoms with Crippen molar-refractivity contribution in [1.29, 1.82) is 0 Å². The Morgan fingerprint density at radius 1 is 1.07 bits per heavy atom. The Hall–Kier alpha value is -2.00. The van der Waals surface area contributed by atoms with Crippen LogP contribution in [0, 0.1) is 5.92 Å². The topological polar surface area (TPSA) is 54.0 Å². The van der Waals surface area contributed by atoms with Gasteiger partial charge in [-0.2, -0.15) is 13.2 Å². The van der Waals surface area contributed by atoms with E-state index in [2.05, 4.69) is 10.2 Å². The normalized spacial score (nSPS) is 18.7. The van der Waals surface area contributed by atoms with Crippen LogP contribution in [-0.2, 0) is 17.8 Å². The second-order valence-electron chi connectivity index (χ2n) is 7.96. The number of fused-ring (bicyclic) bond motifs is 1. The summed E-state index contributed by atoms with van der Waals surface area (Å²) in [6.07, 6.45) is -2.33. The van der Waals surface area contributed by atoms with Gasteiger partial charge in [-0.3, -0.25) is 14.6 Å². The van der Waals surface area contributed by atoms with E-state index in [1.807, 2.05) is 12.1 Å². The molecule has 0 saturated carbocycles. The lowest BCUT2D eigenvalue weighted by Gasteiger charge is -2.32. The van der Waals surface area contributed by atoms with Gasteiger partial charge in [0.05, 0.1) is 20.8 Å². The van der Waals surface area contributed by atoms with Crippen molar-refractivity contribution >= 4 is 5.91 Å². The molecule has 1 fully saturated rings. The minimum atomic E-state index is -4.18. The molecular formula is C21H30F3N3O3. The van der Waals surface area contributed by atoms with Crippen molar-refractivity contribution in [3.63, 3.8) is 0 Å². The van der Waals surface area contributed by atoms with E-state index in [9.17, 15) is 18.0 Å². The van der Waals surface area contributed by atoms with E-state index < -0.39 is 12.7 Å². The van der Waals surface area contributed by atoms with Crippen LogP contribution in [0.2, 0.25) is 0 Å². The first-order chi connectivity index (χ1) is 14.3. The number of ether oxygens (including phenoxy) is 2. The summed E-state index contributed by atoms with van der Waals surface area (Å²) in [5.41, 5.74) is 2.45. The maximum Gasteiger partial charge on any atom is 0.401 e. The van der Waals surface area contributed by atoms with Crippen molar-refractivity contribution in [3.05, 3.63) is 23.3 Å². The van der Waals surface area contributed by atoms with Crippen LogP contribution in [0.4, 0.5) is 13.2 Å². The molecule has 1 saturated heterocycles. The van der Waals surface area contributed by atoms with Crippen molar-refractivity contribution in [2.24, 2.45) is 5.92 Å². The molecule has 1 aromatic rings. The molecule has 0 bridgehead atoms. The molecule has 6 nitrogen and oxygen atoms in total. The van der Waals surface area contributed by atoms with Crippen LogP contribution in [0.15, 0.2) is 12.1 Å². The summed E-state index contributed by atoms with van der Waals surface area (Å²) in [4.78, 5) is 16.0. The number of amides is 1. The number of rotatable bonds is 7. The first-order valence-corrected chi connectivity index (χ1v) is 10.3. The first kappa shape index (κ1) is 22.7. The molecule has 1 aromatic carbocycles. The minimum Gasteiger partial charge on any atom is -0.493 e. The van der Waals surface area contributed by atoms with Gasteiger partial charge >= 0.3 is 6.18 Å². The number of hydrogen-bond acceptors (Lipinski definition) is 5. The Labute approximate surface area is 175 Å². The van der Waals surface area contributed by atoms with E-state index in [1.54, 1.807) is 14.2 Å². The third kappa shape index (κ3) is 6.01. The lowest BCUT2D eigenvalue weighted by molar-refractivity contribution is -0.149. The summed E-state index contributed by atoms with van der Waals surface area (Å²) in [6.45, 7) is 2.66. The van der Waals surface area contributed by atoms with Gasteiger partial charge in [0.2, 0.25) is 5.91 Å². The third-order valence-electron chi connectivity index (χ3n) is 5.89. The lowest BCUT2D eigenvalue weighted by atomic mass is 9.96. The molecule has 2 heterocycles. The molecule has 0 aliphatic carbocycles. The quantitative estimate of drug-likeness (QED) is 0.722. The molecular weight excluding hydrogens is 399 g/mol. The molecule has 9 heteroatoms. The van der Waals surface area contributed by atoms with Gasteiger partial charge in [-0.1, -0.05) is 0 Å². The van der Waals surface area contributed by atoms with Gasteiger partial charge in [0, 0.05) is 32.1 Å². The lowest BCUT2D eigenvalue weighted by Crippen LogP contribution is -2.45. The standard InChI is InChI=1S/C21H30F3N3O3/c1-29-18-11-16-5-7-26(13-17(16)12-19(18)30-2)10-6-25-20(28)15-3-8-27(9-4-15)14-21(22,23)24/h11-12,15H,3-10,13-14H2,1-2H3,(H,25,28). The molecule has 2 aliphatic rings. The molecule has 0 spiro atoms. The Kier molecular flexibility index (Phi) is 7.46. The zero-order valence-corrected chi connectivity index (χ0v) is 17.6. The summed E-state index contributed by atoms with van der Waals surface area (Å²) < 4.78 is 48.2. The number of halogens is 3. The molecule has 1 N–H and O–H groups in total. The van der Waals surface area contributed by atoms with Crippen molar-refractivity contribution in [1.82, 2.24) is 15.1 Å². The Morgan fingerprint density at radius 3 is 2.30 bits per heavy atom. The van der Waals surface area contributed by atoms with Crippen molar-refractivity contribution in [2.45, 2.75) is 32.0 Å². The molecule has 168 valence electrons. The van der Waals surface area contributed by atoms with Crippen molar-refractivity contribution in [2.75, 3.05) is 53.5 Å². The number of benzene rings is 1. The number of carbonyl (C=O) groups is 1. The number of hydrogen-bond donors (Lipinski definition) is 1. The smallest absolute Gasteiger partial charge is 0.401 e. The van der Waals surface area contributed by atoms with Gasteiger partial charge in [-0.15, -0.1) is 0 Å². The Morgan fingerprint density at radius 2 is 1.70 bits per heavy atom. The molecule has 1 amide bonds. The zero-order valence-electron chi connectivity index (χ0n) is 17.6. The fourth-order valence-electron chi connectivity index (χ4n) is 4.22. The van der Waals surface area contributed by atoms with E-state index in [0.29, 0.717) is 38.2 Å². The van der Waals surface area contributed by atoms with E-state index in [4.69, 9.17) is 9.47 Å². The number of carbonyl (C=O) groups excluding carboxylic acids is 1. The fourth-order valence-corrected chi connectivity index (χ4v) is 4.22. The average Bonchev–Trinajstić information content (AvgIpc) is 2.71. The second kappa shape index (κ2) is 9.87. The van der Waals surface area contributed by atoms with Crippen LogP contribution in [0.25, 0.3) is 0 Å². The third-order valence-corrected chi connectivity index (χ3v) is 5.89. The maximum absolute atomic E-state index is 12.5. The highest BCUT2D eigenvalue weighted by atomic mass is 19.4. The zero-order chi connectivity index (χ0) is 21.7. The van der Waals surface area contributed by atoms with E-state index >= 15 is 0 Å². The van der Waals surface area contributed by atoms with E-state index in [0.717, 1.165) is 31.8 Å². The summed E-state index contributed by atoms with van der Waals surface area (Å²) in [5, 5.41) is 2.96. The monoisotopic (exact) mass is 429 g/mol. The van der Waals surface area contributed by atoms with E-state index in [-0.39, 0.29) is 11.8 Å². The number of nitrogens with one attached hydrogen (secondary N) is 1. The summed E-state index contributed by atoms with van der Waals surface area (Å²) in [5.74, 6) is 1.19. The summed E-state index contributed by atoms with van der Waals surface area (Å²) in [6, 6.07) is 4.03. The highest BCUT2D eigenvalue weighted by Crippen LogP contribution is 2.33. The highest BCUT2D eigenvalue weighted by Gasteiger charge is 2.33. The number of methoxy groups -OCH3 is 2. The SMILES string of the molecule is COc1cc2c(cc1OC)CN(CCNC(=O)C1CCN(CC(F)(F)F)CC1)CC2. The van der Waals surface area contributed by atoms with Gasteiger partial charge in [0.15, 0.2) is 11.5 Å². The van der Waals surface area contributed by atoms with Crippen molar-refractivity contribution in [3.8, 4) is 11.5 Å². The van der Waals surface area contributed by atoms with Gasteiger partial charge in [0.25, 0.3) is 0 Å². The summed E-state index contributed by atoms with van der Waals surface area (Å²) >= 11 is 0. The molecule has 30 heavy (non-hydrogen) atoms. The number of nitrogens with zero attached hydrogens (tertiary/aromatic N) is 2. The number of likely N-dealkylation sites (tertiary alicyclic amines) is 1. The van der Waals surface area contributed by atoms with Gasteiger partial charge in [-0.05, 0) is 55.6 Å². The minimum absolute atomic E-state index is 0.0505. The average molecular weight is 429 g/mol. The molecule has 3 rings (SSSR count). The first-order valence-electron chi connectivity index (χ1n) is 10.3. The summed E-state index contributed by atoms with van der Waals surface area (Å²) in [7, 11) is 3.25. The number of piperidine rings is 1. The Bertz CT molecular complexity index is 734. The van der Waals surface area contributed by atoms with Gasteiger partial charge in [-0.25, -0.2) is 0 Å². The van der Waals surface area contributed by atoms with Crippen LogP contribution in [0.3, 0.4) is 0 Å². The van der Waals surface area contributed by atoms with Crippen LogP contribution < -0.4 is 14.8 Å². The maximum atomic E-state index is 12.5. The van der Waals surface area contributed by atoms with Crippen LogP contribution >= 0.6 is 0 Å². The fraction of sp³-hybridized carbons (Fsp3) is 0.667. The predicted octanol–water partition coefficient (Wildman–Crippen LogP) is 2.45. The largest absolute Gasteiger partial charge is 0.493 e. The number of alkyl halides is 3.